The van der Waals surface area contributed by atoms with Crippen molar-refractivity contribution in [3.63, 3.8) is 0 Å². The van der Waals surface area contributed by atoms with Crippen LogP contribution in [0.3, 0.4) is 0 Å². The van der Waals surface area contributed by atoms with Crippen LogP contribution in [-0.2, 0) is 20.8 Å². The van der Waals surface area contributed by atoms with Gasteiger partial charge in [-0.3, -0.25) is 9.69 Å². The third-order valence-corrected chi connectivity index (χ3v) is 4.11. The highest BCUT2D eigenvalue weighted by Gasteiger charge is 2.33. The first-order chi connectivity index (χ1) is 11.8. The number of likely N-dealkylation sites (N-methyl/N-ethyl adjacent to an activating group) is 1. The molecule has 0 bridgehead atoms. The Morgan fingerprint density at radius 1 is 1.44 bits per heavy atom. The number of carbonyl (C=O) groups is 1. The van der Waals surface area contributed by atoms with Crippen molar-refractivity contribution in [2.45, 2.75) is 32.1 Å². The van der Waals surface area contributed by atoms with Crippen molar-refractivity contribution < 1.29 is 14.3 Å². The zero-order chi connectivity index (χ0) is 18.4. The van der Waals surface area contributed by atoms with E-state index in [2.05, 4.69) is 11.0 Å². The molecule has 1 saturated heterocycles. The maximum atomic E-state index is 11.6. The summed E-state index contributed by atoms with van der Waals surface area (Å²) < 4.78 is 11.6. The van der Waals surface area contributed by atoms with Crippen molar-refractivity contribution in [2.75, 3.05) is 40.4 Å². The van der Waals surface area contributed by atoms with Crippen molar-refractivity contribution >= 4 is 5.91 Å². The molecule has 1 aliphatic heterocycles. The van der Waals surface area contributed by atoms with E-state index in [0.29, 0.717) is 25.3 Å². The second-order valence-electron chi connectivity index (χ2n) is 7.24. The van der Waals surface area contributed by atoms with Crippen LogP contribution in [0.4, 0.5) is 0 Å². The van der Waals surface area contributed by atoms with Gasteiger partial charge in [0, 0.05) is 33.7 Å². The normalized spacial score (nSPS) is 20.0. The number of carbonyl (C=O) groups excluding carboxylic acids is 1. The van der Waals surface area contributed by atoms with Crippen LogP contribution in [0.15, 0.2) is 24.3 Å². The fourth-order valence-electron chi connectivity index (χ4n) is 3.04. The van der Waals surface area contributed by atoms with Gasteiger partial charge in [-0.25, -0.2) is 0 Å². The molecule has 25 heavy (non-hydrogen) atoms. The van der Waals surface area contributed by atoms with E-state index in [1.54, 1.807) is 14.1 Å². The molecule has 0 saturated carbocycles. The smallest absolute Gasteiger partial charge is 0.248 e. The average molecular weight is 345 g/mol. The lowest BCUT2D eigenvalue weighted by atomic mass is 10.0. The van der Waals surface area contributed by atoms with Gasteiger partial charge in [-0.2, -0.15) is 5.26 Å². The predicted molar refractivity (Wildman–Crippen MR) is 94.9 cm³/mol. The molecule has 6 nitrogen and oxygen atoms in total. The Hall–Kier alpha value is -1.94. The molecule has 1 heterocycles. The summed E-state index contributed by atoms with van der Waals surface area (Å²) in [5.41, 5.74) is 1.42. The minimum absolute atomic E-state index is 0.0601. The molecular weight excluding hydrogens is 318 g/mol. The number of hydrogen-bond donors (Lipinski definition) is 0. The maximum Gasteiger partial charge on any atom is 0.248 e. The Morgan fingerprint density at radius 2 is 2.16 bits per heavy atom. The van der Waals surface area contributed by atoms with Crippen molar-refractivity contribution in [3.05, 3.63) is 35.4 Å². The number of nitriles is 1. The largest absolute Gasteiger partial charge is 0.369 e. The molecular formula is C19H27N3O3. The summed E-state index contributed by atoms with van der Waals surface area (Å²) >= 11 is 0. The molecule has 1 atom stereocenters. The monoisotopic (exact) mass is 345 g/mol. The molecule has 0 spiro atoms. The van der Waals surface area contributed by atoms with E-state index in [0.717, 1.165) is 12.1 Å². The Kier molecular flexibility index (Phi) is 6.54. The summed E-state index contributed by atoms with van der Waals surface area (Å²) in [6.07, 6.45) is -0.104. The van der Waals surface area contributed by atoms with Gasteiger partial charge in [0.1, 0.15) is 6.61 Å². The lowest BCUT2D eigenvalue weighted by Gasteiger charge is -2.42. The van der Waals surface area contributed by atoms with Crippen LogP contribution in [-0.4, -0.2) is 67.8 Å². The number of hydrogen-bond acceptors (Lipinski definition) is 5. The SMILES string of the molecule is CN(C)C(=O)COC[C@@H]1CN(Cc2ccccc2C#N)CC(C)(C)O1. The highest BCUT2D eigenvalue weighted by molar-refractivity contribution is 5.76. The zero-order valence-electron chi connectivity index (χ0n) is 15.5. The van der Waals surface area contributed by atoms with E-state index < -0.39 is 0 Å². The van der Waals surface area contributed by atoms with E-state index in [4.69, 9.17) is 9.47 Å². The van der Waals surface area contributed by atoms with Crippen molar-refractivity contribution in [3.8, 4) is 6.07 Å². The summed E-state index contributed by atoms with van der Waals surface area (Å²) in [5, 5.41) is 9.27. The molecule has 0 unspecified atom stereocenters. The van der Waals surface area contributed by atoms with E-state index in [1.165, 1.54) is 4.90 Å². The fourth-order valence-corrected chi connectivity index (χ4v) is 3.04. The van der Waals surface area contributed by atoms with Crippen LogP contribution in [0.25, 0.3) is 0 Å². The number of nitrogens with zero attached hydrogens (tertiary/aromatic N) is 3. The maximum absolute atomic E-state index is 11.6. The van der Waals surface area contributed by atoms with Crippen molar-refractivity contribution in [1.29, 1.82) is 5.26 Å². The quantitative estimate of drug-likeness (QED) is 0.784. The van der Waals surface area contributed by atoms with Crippen LogP contribution >= 0.6 is 0 Å². The lowest BCUT2D eigenvalue weighted by molar-refractivity contribution is -0.161. The minimum Gasteiger partial charge on any atom is -0.369 e. The first-order valence-electron chi connectivity index (χ1n) is 8.47. The second kappa shape index (κ2) is 8.43. The number of rotatable bonds is 6. The average Bonchev–Trinajstić information content (AvgIpc) is 2.53. The third kappa shape index (κ3) is 5.82. The van der Waals surface area contributed by atoms with E-state index in [1.807, 2.05) is 38.1 Å². The Morgan fingerprint density at radius 3 is 2.84 bits per heavy atom. The lowest BCUT2D eigenvalue weighted by Crippen LogP contribution is -2.53. The van der Waals surface area contributed by atoms with Crippen LogP contribution < -0.4 is 0 Å². The number of morpholine rings is 1. The number of amides is 1. The van der Waals surface area contributed by atoms with Crippen LogP contribution in [0.1, 0.15) is 25.0 Å². The molecule has 2 rings (SSSR count). The summed E-state index contributed by atoms with van der Waals surface area (Å²) in [4.78, 5) is 15.4. The molecule has 136 valence electrons. The van der Waals surface area contributed by atoms with Crippen LogP contribution in [0.5, 0.6) is 0 Å². The molecule has 1 fully saturated rings. The zero-order valence-corrected chi connectivity index (χ0v) is 15.5. The number of benzene rings is 1. The second-order valence-corrected chi connectivity index (χ2v) is 7.24. The third-order valence-electron chi connectivity index (χ3n) is 4.11. The summed E-state index contributed by atoms with van der Waals surface area (Å²) in [6.45, 7) is 6.72. The molecule has 0 N–H and O–H groups in total. The van der Waals surface area contributed by atoms with E-state index >= 15 is 0 Å². The highest BCUT2D eigenvalue weighted by atomic mass is 16.5. The van der Waals surface area contributed by atoms with E-state index in [-0.39, 0.29) is 24.2 Å². The minimum atomic E-state index is -0.306. The summed E-state index contributed by atoms with van der Waals surface area (Å²) in [7, 11) is 3.42. The van der Waals surface area contributed by atoms with Gasteiger partial charge in [-0.1, -0.05) is 18.2 Å². The summed E-state index contributed by atoms with van der Waals surface area (Å²) in [6, 6.07) is 9.91. The van der Waals surface area contributed by atoms with Crippen LogP contribution in [0.2, 0.25) is 0 Å². The van der Waals surface area contributed by atoms with Gasteiger partial charge < -0.3 is 14.4 Å². The van der Waals surface area contributed by atoms with Crippen LogP contribution in [0, 0.1) is 11.3 Å². The van der Waals surface area contributed by atoms with Gasteiger partial charge in [0.15, 0.2) is 0 Å². The predicted octanol–water partition coefficient (Wildman–Crippen LogP) is 1.64. The first kappa shape index (κ1) is 19.4. The number of ether oxygens (including phenoxy) is 2. The topological polar surface area (TPSA) is 65.8 Å². The van der Waals surface area contributed by atoms with Gasteiger partial charge in [-0.05, 0) is 25.5 Å². The molecule has 1 aromatic rings. The molecule has 6 heteroatoms. The first-order valence-corrected chi connectivity index (χ1v) is 8.47. The standard InChI is InChI=1S/C19H27N3O3/c1-19(2)14-22(10-16-8-6-5-7-15(16)9-20)11-17(25-19)12-24-13-18(23)21(3)4/h5-8,17H,10-14H2,1-4H3/t17-/m0/s1. The van der Waals surface area contributed by atoms with Gasteiger partial charge >= 0.3 is 0 Å². The highest BCUT2D eigenvalue weighted by Crippen LogP contribution is 2.23. The molecule has 1 aliphatic rings. The molecule has 0 radical (unpaired) electrons. The molecule has 1 amide bonds. The van der Waals surface area contributed by atoms with Gasteiger partial charge in [-0.15, -0.1) is 0 Å². The van der Waals surface area contributed by atoms with E-state index in [9.17, 15) is 10.1 Å². The van der Waals surface area contributed by atoms with Gasteiger partial charge in [0.05, 0.1) is 29.9 Å². The fraction of sp³-hybridized carbons (Fsp3) is 0.579. The van der Waals surface area contributed by atoms with Crippen molar-refractivity contribution in [1.82, 2.24) is 9.80 Å². The summed E-state index contributed by atoms with van der Waals surface area (Å²) in [5.74, 6) is -0.0603. The molecule has 0 aromatic heterocycles. The van der Waals surface area contributed by atoms with Crippen molar-refractivity contribution in [2.24, 2.45) is 0 Å². The van der Waals surface area contributed by atoms with Gasteiger partial charge in [0.2, 0.25) is 5.91 Å². The molecule has 0 aliphatic carbocycles. The van der Waals surface area contributed by atoms with Gasteiger partial charge in [0.25, 0.3) is 0 Å². The Bertz CT molecular complexity index is 637. The Balaban J connectivity index is 1.96. The molecule has 1 aromatic carbocycles. The Labute approximate surface area is 149 Å².